The molecular formula is C15H16F3N3. The third-order valence-electron chi connectivity index (χ3n) is 3.80. The van der Waals surface area contributed by atoms with E-state index in [4.69, 9.17) is 0 Å². The Balaban J connectivity index is 1.59. The van der Waals surface area contributed by atoms with Gasteiger partial charge in [0.05, 0.1) is 12.7 Å². The van der Waals surface area contributed by atoms with Gasteiger partial charge in [0.25, 0.3) is 0 Å². The first-order chi connectivity index (χ1) is 9.98. The summed E-state index contributed by atoms with van der Waals surface area (Å²) >= 11 is 0. The van der Waals surface area contributed by atoms with E-state index in [0.717, 1.165) is 11.1 Å². The van der Waals surface area contributed by atoms with E-state index in [-0.39, 0.29) is 19.4 Å². The van der Waals surface area contributed by atoms with Crippen molar-refractivity contribution in [1.82, 2.24) is 15.1 Å². The summed E-state index contributed by atoms with van der Waals surface area (Å²) in [6.07, 6.45) is -0.453. The molecule has 3 nitrogen and oxygen atoms in total. The van der Waals surface area contributed by atoms with Crippen LogP contribution in [0.5, 0.6) is 0 Å². The molecule has 2 aromatic rings. The quantitative estimate of drug-likeness (QED) is 0.918. The predicted molar refractivity (Wildman–Crippen MR) is 72.6 cm³/mol. The highest BCUT2D eigenvalue weighted by molar-refractivity contribution is 5.16. The average molecular weight is 295 g/mol. The van der Waals surface area contributed by atoms with Gasteiger partial charge in [-0.3, -0.25) is 10.00 Å². The van der Waals surface area contributed by atoms with Crippen LogP contribution in [0.15, 0.2) is 42.7 Å². The molecular weight excluding hydrogens is 279 g/mol. The maximum absolute atomic E-state index is 12.8. The molecule has 1 saturated carbocycles. The minimum atomic E-state index is -4.17. The molecule has 0 spiro atoms. The highest BCUT2D eigenvalue weighted by atomic mass is 19.4. The zero-order valence-electron chi connectivity index (χ0n) is 11.4. The molecule has 0 saturated heterocycles. The SMILES string of the molecule is FC(F)(F)C1(NCc2cnn(Cc3ccccc3)c2)CC1. The van der Waals surface area contributed by atoms with Crippen LogP contribution in [0.25, 0.3) is 0 Å². The fourth-order valence-corrected chi connectivity index (χ4v) is 2.31. The Labute approximate surface area is 120 Å². The Morgan fingerprint density at radius 3 is 2.48 bits per heavy atom. The van der Waals surface area contributed by atoms with E-state index in [1.807, 2.05) is 30.3 Å². The van der Waals surface area contributed by atoms with Gasteiger partial charge >= 0.3 is 6.18 Å². The molecule has 1 heterocycles. The van der Waals surface area contributed by atoms with Crippen molar-refractivity contribution in [3.05, 3.63) is 53.9 Å². The van der Waals surface area contributed by atoms with E-state index >= 15 is 0 Å². The normalized spacial score (nSPS) is 16.9. The molecule has 0 aliphatic heterocycles. The number of halogens is 3. The van der Waals surface area contributed by atoms with Crippen LogP contribution in [-0.4, -0.2) is 21.5 Å². The number of nitrogens with zero attached hydrogens (tertiary/aromatic N) is 2. The minimum absolute atomic E-state index is 0.161. The number of benzene rings is 1. The summed E-state index contributed by atoms with van der Waals surface area (Å²) in [6.45, 7) is 0.805. The van der Waals surface area contributed by atoms with Crippen molar-refractivity contribution in [2.45, 2.75) is 37.6 Å². The second-order valence-corrected chi connectivity index (χ2v) is 5.47. The van der Waals surface area contributed by atoms with Gasteiger partial charge in [-0.2, -0.15) is 18.3 Å². The number of aromatic nitrogens is 2. The van der Waals surface area contributed by atoms with Crippen molar-refractivity contribution in [2.75, 3.05) is 0 Å². The number of hydrogen-bond acceptors (Lipinski definition) is 2. The molecule has 1 fully saturated rings. The molecule has 0 atom stereocenters. The lowest BCUT2D eigenvalue weighted by molar-refractivity contribution is -0.166. The number of rotatable bonds is 5. The van der Waals surface area contributed by atoms with Crippen molar-refractivity contribution in [3.8, 4) is 0 Å². The van der Waals surface area contributed by atoms with Gasteiger partial charge in [-0.05, 0) is 18.4 Å². The molecule has 1 aromatic carbocycles. The Bertz CT molecular complexity index is 600. The summed E-state index contributed by atoms with van der Waals surface area (Å²) in [5.74, 6) is 0. The van der Waals surface area contributed by atoms with E-state index in [1.165, 1.54) is 0 Å². The smallest absolute Gasteiger partial charge is 0.299 e. The molecule has 1 aliphatic carbocycles. The van der Waals surface area contributed by atoms with Gasteiger partial charge in [-0.25, -0.2) is 0 Å². The van der Waals surface area contributed by atoms with Crippen molar-refractivity contribution in [1.29, 1.82) is 0 Å². The summed E-state index contributed by atoms with van der Waals surface area (Å²) < 4.78 is 40.2. The first kappa shape index (κ1) is 14.1. The maximum atomic E-state index is 12.8. The summed E-state index contributed by atoms with van der Waals surface area (Å²) in [4.78, 5) is 0. The van der Waals surface area contributed by atoms with Crippen LogP contribution in [0.1, 0.15) is 24.0 Å². The minimum Gasteiger partial charge on any atom is -0.299 e. The van der Waals surface area contributed by atoms with E-state index in [1.54, 1.807) is 17.1 Å². The Hall–Kier alpha value is -1.82. The van der Waals surface area contributed by atoms with Crippen molar-refractivity contribution in [2.24, 2.45) is 0 Å². The lowest BCUT2D eigenvalue weighted by Crippen LogP contribution is -2.44. The lowest BCUT2D eigenvalue weighted by atomic mass is 10.2. The van der Waals surface area contributed by atoms with Crippen LogP contribution in [0.2, 0.25) is 0 Å². The molecule has 1 N–H and O–H groups in total. The Morgan fingerprint density at radius 2 is 1.86 bits per heavy atom. The largest absolute Gasteiger partial charge is 0.406 e. The molecule has 0 radical (unpaired) electrons. The van der Waals surface area contributed by atoms with Crippen LogP contribution in [0, 0.1) is 0 Å². The standard InChI is InChI=1S/C15H16F3N3/c16-15(17,18)14(6-7-14)19-8-13-9-20-21(11-13)10-12-4-2-1-3-5-12/h1-5,9,11,19H,6-8,10H2. The molecule has 1 aromatic heterocycles. The first-order valence-electron chi connectivity index (χ1n) is 6.86. The highest BCUT2D eigenvalue weighted by Crippen LogP contribution is 2.49. The van der Waals surface area contributed by atoms with Gasteiger partial charge in [0.1, 0.15) is 5.54 Å². The molecule has 3 rings (SSSR count). The molecule has 21 heavy (non-hydrogen) atoms. The van der Waals surface area contributed by atoms with Crippen molar-refractivity contribution >= 4 is 0 Å². The zero-order chi connectivity index (χ0) is 14.9. The molecule has 112 valence electrons. The third-order valence-corrected chi connectivity index (χ3v) is 3.80. The molecule has 0 amide bonds. The highest BCUT2D eigenvalue weighted by Gasteiger charge is 2.62. The van der Waals surface area contributed by atoms with E-state index in [2.05, 4.69) is 10.4 Å². The van der Waals surface area contributed by atoms with E-state index < -0.39 is 11.7 Å². The molecule has 6 heteroatoms. The average Bonchev–Trinajstić information content (AvgIpc) is 3.13. The van der Waals surface area contributed by atoms with Gasteiger partial charge < -0.3 is 0 Å². The summed E-state index contributed by atoms with van der Waals surface area (Å²) in [5.41, 5.74) is 0.199. The molecule has 1 aliphatic rings. The second kappa shape index (κ2) is 5.18. The molecule has 0 bridgehead atoms. The van der Waals surface area contributed by atoms with E-state index in [0.29, 0.717) is 6.54 Å². The Kier molecular flexibility index (Phi) is 3.49. The summed E-state index contributed by atoms with van der Waals surface area (Å²) in [6, 6.07) is 9.81. The number of nitrogens with one attached hydrogen (secondary N) is 1. The zero-order valence-corrected chi connectivity index (χ0v) is 11.4. The number of hydrogen-bond donors (Lipinski definition) is 1. The fourth-order valence-electron chi connectivity index (χ4n) is 2.31. The van der Waals surface area contributed by atoms with Gasteiger partial charge in [-0.15, -0.1) is 0 Å². The monoisotopic (exact) mass is 295 g/mol. The van der Waals surface area contributed by atoms with Crippen LogP contribution in [-0.2, 0) is 13.1 Å². The number of alkyl halides is 3. The van der Waals surface area contributed by atoms with Gasteiger partial charge in [0.2, 0.25) is 0 Å². The van der Waals surface area contributed by atoms with Gasteiger partial charge in [-0.1, -0.05) is 30.3 Å². The van der Waals surface area contributed by atoms with Crippen LogP contribution >= 0.6 is 0 Å². The van der Waals surface area contributed by atoms with Gasteiger partial charge in [0.15, 0.2) is 0 Å². The van der Waals surface area contributed by atoms with Crippen LogP contribution in [0.4, 0.5) is 13.2 Å². The maximum Gasteiger partial charge on any atom is 0.406 e. The van der Waals surface area contributed by atoms with Crippen molar-refractivity contribution in [3.63, 3.8) is 0 Å². The lowest BCUT2D eigenvalue weighted by Gasteiger charge is -2.20. The van der Waals surface area contributed by atoms with E-state index in [9.17, 15) is 13.2 Å². The van der Waals surface area contributed by atoms with Crippen LogP contribution in [0.3, 0.4) is 0 Å². The third kappa shape index (κ3) is 3.10. The second-order valence-electron chi connectivity index (χ2n) is 5.47. The first-order valence-corrected chi connectivity index (χ1v) is 6.86. The predicted octanol–water partition coefficient (Wildman–Crippen LogP) is 3.12. The fraction of sp³-hybridized carbons (Fsp3) is 0.400. The van der Waals surface area contributed by atoms with Crippen molar-refractivity contribution < 1.29 is 13.2 Å². The Morgan fingerprint density at radius 1 is 1.14 bits per heavy atom. The van der Waals surface area contributed by atoms with Crippen LogP contribution < -0.4 is 5.32 Å². The molecule has 0 unspecified atom stereocenters. The van der Waals surface area contributed by atoms with Gasteiger partial charge in [0, 0.05) is 18.3 Å². The summed E-state index contributed by atoms with van der Waals surface area (Å²) in [5, 5.41) is 6.82. The summed E-state index contributed by atoms with van der Waals surface area (Å²) in [7, 11) is 0. The topological polar surface area (TPSA) is 29.9 Å².